The number of aromatic amines is 1. The Morgan fingerprint density at radius 2 is 2.30 bits per heavy atom. The molecule has 9 heteroatoms. The number of aromatic nitrogens is 3. The van der Waals surface area contributed by atoms with E-state index in [9.17, 15) is 19.3 Å². The van der Waals surface area contributed by atoms with Crippen LogP contribution in [0, 0.1) is 15.9 Å². The van der Waals surface area contributed by atoms with E-state index in [2.05, 4.69) is 20.5 Å². The molecule has 8 nitrogen and oxygen atoms in total. The number of carbonyl (C=O) groups excluding carboxylic acids is 1. The minimum Gasteiger partial charge on any atom is -0.316 e. The second kappa shape index (κ2) is 5.43. The molecule has 2 N–H and O–H groups in total. The summed E-state index contributed by atoms with van der Waals surface area (Å²) in [5.74, 6) is -1.18. The predicted octanol–water partition coefficient (Wildman–Crippen LogP) is 1.67. The minimum absolute atomic E-state index is 0.159. The number of hydrogen-bond acceptors (Lipinski definition) is 5. The standard InChI is InChI=1S/C11H10FN5O3/c1-2-9-14-10(16-15-9)11(18)13-8-5-6(17(19)20)3-4-7(8)12/h3-5H,2H2,1H3,(H,13,18)(H,14,15,16). The van der Waals surface area contributed by atoms with Crippen LogP contribution < -0.4 is 5.32 Å². The summed E-state index contributed by atoms with van der Waals surface area (Å²) in [6, 6.07) is 2.84. The van der Waals surface area contributed by atoms with Crippen LogP contribution >= 0.6 is 0 Å². The van der Waals surface area contributed by atoms with Crippen molar-refractivity contribution in [1.29, 1.82) is 0 Å². The van der Waals surface area contributed by atoms with Crippen LogP contribution in [0.15, 0.2) is 18.2 Å². The lowest BCUT2D eigenvalue weighted by Gasteiger charge is -2.03. The summed E-state index contributed by atoms with van der Waals surface area (Å²) >= 11 is 0. The van der Waals surface area contributed by atoms with E-state index >= 15 is 0 Å². The number of rotatable bonds is 4. The van der Waals surface area contributed by atoms with E-state index in [4.69, 9.17) is 0 Å². The Morgan fingerprint density at radius 1 is 1.55 bits per heavy atom. The van der Waals surface area contributed by atoms with Gasteiger partial charge < -0.3 is 5.32 Å². The number of benzene rings is 1. The maximum atomic E-state index is 13.5. The SMILES string of the molecule is CCc1nc(C(=O)Nc2cc([N+](=O)[O-])ccc2F)n[nH]1. The van der Waals surface area contributed by atoms with Gasteiger partial charge in [0.05, 0.1) is 10.6 Å². The fourth-order valence-corrected chi connectivity index (χ4v) is 1.46. The quantitative estimate of drug-likeness (QED) is 0.652. The van der Waals surface area contributed by atoms with Crippen molar-refractivity contribution in [2.75, 3.05) is 5.32 Å². The summed E-state index contributed by atoms with van der Waals surface area (Å²) in [4.78, 5) is 25.6. The molecule has 0 radical (unpaired) electrons. The number of nitrogens with zero attached hydrogens (tertiary/aromatic N) is 3. The molecule has 0 unspecified atom stereocenters. The molecule has 0 saturated carbocycles. The van der Waals surface area contributed by atoms with E-state index in [1.807, 2.05) is 6.92 Å². The molecule has 104 valence electrons. The first-order valence-electron chi connectivity index (χ1n) is 5.67. The van der Waals surface area contributed by atoms with E-state index < -0.39 is 16.6 Å². The summed E-state index contributed by atoms with van der Waals surface area (Å²) in [5.41, 5.74) is -0.627. The highest BCUT2D eigenvalue weighted by molar-refractivity contribution is 6.01. The van der Waals surface area contributed by atoms with E-state index in [1.165, 1.54) is 0 Å². The van der Waals surface area contributed by atoms with Gasteiger partial charge in [-0.15, -0.1) is 5.10 Å². The highest BCUT2D eigenvalue weighted by atomic mass is 19.1. The zero-order chi connectivity index (χ0) is 14.7. The van der Waals surface area contributed by atoms with Crippen LogP contribution in [-0.4, -0.2) is 26.0 Å². The molecular formula is C11H10FN5O3. The summed E-state index contributed by atoms with van der Waals surface area (Å²) in [6.07, 6.45) is 0.561. The van der Waals surface area contributed by atoms with Crippen molar-refractivity contribution in [2.45, 2.75) is 13.3 Å². The fourth-order valence-electron chi connectivity index (χ4n) is 1.46. The third kappa shape index (κ3) is 2.76. The Kier molecular flexibility index (Phi) is 3.69. The van der Waals surface area contributed by atoms with Gasteiger partial charge in [0.15, 0.2) is 0 Å². The molecule has 2 rings (SSSR count). The number of aryl methyl sites for hydroxylation is 1. The number of non-ortho nitro benzene ring substituents is 1. The average molecular weight is 279 g/mol. The van der Waals surface area contributed by atoms with Crippen molar-refractivity contribution in [3.8, 4) is 0 Å². The van der Waals surface area contributed by atoms with Crippen molar-refractivity contribution in [1.82, 2.24) is 15.2 Å². The summed E-state index contributed by atoms with van der Waals surface area (Å²) in [7, 11) is 0. The molecule has 0 aliphatic carbocycles. The molecule has 2 aromatic rings. The molecule has 0 saturated heterocycles. The van der Waals surface area contributed by atoms with Gasteiger partial charge in [-0.05, 0) is 6.07 Å². The van der Waals surface area contributed by atoms with Crippen LogP contribution in [0.4, 0.5) is 15.8 Å². The molecular weight excluding hydrogens is 269 g/mol. The lowest BCUT2D eigenvalue weighted by molar-refractivity contribution is -0.384. The summed E-state index contributed by atoms with van der Waals surface area (Å²) in [6.45, 7) is 1.82. The molecule has 0 spiro atoms. The minimum atomic E-state index is -0.782. The van der Waals surface area contributed by atoms with E-state index in [-0.39, 0.29) is 17.2 Å². The summed E-state index contributed by atoms with van der Waals surface area (Å²) < 4.78 is 13.5. The topological polar surface area (TPSA) is 114 Å². The van der Waals surface area contributed by atoms with Gasteiger partial charge in [0.2, 0.25) is 5.82 Å². The molecule has 1 heterocycles. The maximum absolute atomic E-state index is 13.5. The highest BCUT2D eigenvalue weighted by Crippen LogP contribution is 2.21. The normalized spacial score (nSPS) is 10.3. The van der Waals surface area contributed by atoms with Gasteiger partial charge in [-0.25, -0.2) is 9.37 Å². The van der Waals surface area contributed by atoms with Crippen molar-refractivity contribution < 1.29 is 14.1 Å². The van der Waals surface area contributed by atoms with Gasteiger partial charge in [0, 0.05) is 18.6 Å². The van der Waals surface area contributed by atoms with Gasteiger partial charge >= 0.3 is 0 Å². The van der Waals surface area contributed by atoms with E-state index in [1.54, 1.807) is 0 Å². The van der Waals surface area contributed by atoms with Crippen LogP contribution in [0.5, 0.6) is 0 Å². The Balaban J connectivity index is 2.22. The highest BCUT2D eigenvalue weighted by Gasteiger charge is 2.16. The third-order valence-corrected chi connectivity index (χ3v) is 2.48. The number of amides is 1. The van der Waals surface area contributed by atoms with Crippen molar-refractivity contribution in [2.24, 2.45) is 0 Å². The molecule has 0 fully saturated rings. The number of carbonyl (C=O) groups is 1. The summed E-state index contributed by atoms with van der Waals surface area (Å²) in [5, 5.41) is 19.0. The van der Waals surface area contributed by atoms with E-state index in [0.717, 1.165) is 18.2 Å². The zero-order valence-electron chi connectivity index (χ0n) is 10.4. The third-order valence-electron chi connectivity index (χ3n) is 2.48. The van der Waals surface area contributed by atoms with Gasteiger partial charge in [-0.3, -0.25) is 20.0 Å². The van der Waals surface area contributed by atoms with Crippen LogP contribution in [0.2, 0.25) is 0 Å². The Labute approximate surface area is 112 Å². The maximum Gasteiger partial charge on any atom is 0.295 e. The number of nitrogens with one attached hydrogen (secondary N) is 2. The molecule has 0 bridgehead atoms. The predicted molar refractivity (Wildman–Crippen MR) is 66.8 cm³/mol. The number of nitro benzene ring substituents is 1. The van der Waals surface area contributed by atoms with Gasteiger partial charge in [0.25, 0.3) is 11.6 Å². The Bertz CT molecular complexity index is 670. The zero-order valence-corrected chi connectivity index (χ0v) is 10.4. The van der Waals surface area contributed by atoms with Crippen LogP contribution in [-0.2, 0) is 6.42 Å². The second-order valence-electron chi connectivity index (χ2n) is 3.83. The first kappa shape index (κ1) is 13.6. The van der Waals surface area contributed by atoms with Crippen LogP contribution in [0.1, 0.15) is 23.4 Å². The second-order valence-corrected chi connectivity index (χ2v) is 3.83. The van der Waals surface area contributed by atoms with Crippen LogP contribution in [0.3, 0.4) is 0 Å². The number of halogens is 1. The Morgan fingerprint density at radius 3 is 2.90 bits per heavy atom. The first-order valence-corrected chi connectivity index (χ1v) is 5.67. The van der Waals surface area contributed by atoms with E-state index in [0.29, 0.717) is 12.2 Å². The number of hydrogen-bond donors (Lipinski definition) is 2. The van der Waals surface area contributed by atoms with Gasteiger partial charge in [0.1, 0.15) is 11.6 Å². The van der Waals surface area contributed by atoms with Crippen LogP contribution in [0.25, 0.3) is 0 Å². The lowest BCUT2D eigenvalue weighted by atomic mass is 10.2. The fraction of sp³-hybridized carbons (Fsp3) is 0.182. The van der Waals surface area contributed by atoms with Crippen molar-refractivity contribution >= 4 is 17.3 Å². The number of anilines is 1. The van der Waals surface area contributed by atoms with Crippen molar-refractivity contribution in [3.63, 3.8) is 0 Å². The molecule has 20 heavy (non-hydrogen) atoms. The molecule has 0 aliphatic heterocycles. The number of H-pyrrole nitrogens is 1. The van der Waals surface area contributed by atoms with Gasteiger partial charge in [-0.2, -0.15) is 0 Å². The van der Waals surface area contributed by atoms with Gasteiger partial charge in [-0.1, -0.05) is 6.92 Å². The molecule has 1 aromatic carbocycles. The molecule has 0 aliphatic rings. The first-order chi connectivity index (χ1) is 9.51. The average Bonchev–Trinajstić information content (AvgIpc) is 2.89. The molecule has 0 atom stereocenters. The Hall–Kier alpha value is -2.84. The number of nitro groups is 1. The smallest absolute Gasteiger partial charge is 0.295 e. The van der Waals surface area contributed by atoms with Crippen molar-refractivity contribution in [3.05, 3.63) is 45.8 Å². The largest absolute Gasteiger partial charge is 0.316 e. The molecule has 1 amide bonds. The molecule has 1 aromatic heterocycles. The lowest BCUT2D eigenvalue weighted by Crippen LogP contribution is -2.15. The monoisotopic (exact) mass is 279 g/mol.